The molecule has 1 aromatic rings. The number of hydrogen-bond acceptors (Lipinski definition) is 5. The van der Waals surface area contributed by atoms with Crippen molar-refractivity contribution in [3.63, 3.8) is 0 Å². The standard InChI is InChI=1S/C22H31NO5S/c1-3-17-12-16(8-9-18(17)15-29(26,27)23-2)10-11-22(19-6-4-5-7-19)14-20(24)13-21(25)28-22/h8-9,12,19,23H,3-7,10-11,13-15H2,1-2H3. The van der Waals surface area contributed by atoms with Gasteiger partial charge in [0.05, 0.1) is 5.75 Å². The minimum absolute atomic E-state index is 0.0185. The zero-order chi connectivity index (χ0) is 21.1. The highest BCUT2D eigenvalue weighted by molar-refractivity contribution is 7.88. The summed E-state index contributed by atoms with van der Waals surface area (Å²) in [4.78, 5) is 24.3. The number of cyclic esters (lactones) is 1. The summed E-state index contributed by atoms with van der Waals surface area (Å²) in [5, 5.41) is 0. The van der Waals surface area contributed by atoms with Gasteiger partial charge in [-0.15, -0.1) is 0 Å². The molecule has 1 heterocycles. The fourth-order valence-electron chi connectivity index (χ4n) is 4.82. The van der Waals surface area contributed by atoms with Crippen molar-refractivity contribution in [3.8, 4) is 0 Å². The van der Waals surface area contributed by atoms with Crippen LogP contribution in [0.2, 0.25) is 0 Å². The molecule has 29 heavy (non-hydrogen) atoms. The van der Waals surface area contributed by atoms with Crippen LogP contribution in [0.15, 0.2) is 18.2 Å². The monoisotopic (exact) mass is 421 g/mol. The number of ketones is 1. The number of aryl methyl sites for hydroxylation is 2. The molecule has 2 aliphatic rings. The van der Waals surface area contributed by atoms with Crippen LogP contribution in [0.1, 0.15) is 68.6 Å². The molecule has 6 nitrogen and oxygen atoms in total. The summed E-state index contributed by atoms with van der Waals surface area (Å²) in [6.45, 7) is 2.01. The molecule has 0 bridgehead atoms. The van der Waals surface area contributed by atoms with Gasteiger partial charge in [0, 0.05) is 6.42 Å². The van der Waals surface area contributed by atoms with Crippen LogP contribution < -0.4 is 4.72 Å². The molecule has 1 saturated heterocycles. The molecule has 1 N–H and O–H groups in total. The fraction of sp³-hybridized carbons (Fsp3) is 0.636. The first-order valence-electron chi connectivity index (χ1n) is 10.5. The summed E-state index contributed by atoms with van der Waals surface area (Å²) >= 11 is 0. The number of esters is 1. The molecule has 1 atom stereocenters. The van der Waals surface area contributed by atoms with Crippen molar-refractivity contribution in [1.82, 2.24) is 4.72 Å². The number of sulfonamides is 1. The third-order valence-electron chi connectivity index (χ3n) is 6.40. The molecule has 0 amide bonds. The first-order chi connectivity index (χ1) is 13.8. The normalized spacial score (nSPS) is 23.4. The molecule has 1 aliphatic carbocycles. The van der Waals surface area contributed by atoms with Crippen LogP contribution in [-0.2, 0) is 42.9 Å². The highest BCUT2D eigenvalue weighted by Gasteiger charge is 2.47. The molecule has 1 saturated carbocycles. The van der Waals surface area contributed by atoms with Crippen LogP contribution in [0.25, 0.3) is 0 Å². The van der Waals surface area contributed by atoms with Crippen molar-refractivity contribution < 1.29 is 22.7 Å². The fourth-order valence-corrected chi connectivity index (χ4v) is 5.65. The van der Waals surface area contributed by atoms with Crippen LogP contribution >= 0.6 is 0 Å². The van der Waals surface area contributed by atoms with Gasteiger partial charge in [0.15, 0.2) is 0 Å². The van der Waals surface area contributed by atoms with E-state index in [1.807, 2.05) is 19.1 Å². The van der Waals surface area contributed by atoms with Crippen LogP contribution in [0, 0.1) is 5.92 Å². The zero-order valence-corrected chi connectivity index (χ0v) is 18.1. The Bertz CT molecular complexity index is 855. The molecule has 1 aromatic carbocycles. The highest BCUT2D eigenvalue weighted by atomic mass is 32.2. The maximum absolute atomic E-state index is 12.2. The quantitative estimate of drug-likeness (QED) is 0.515. The van der Waals surface area contributed by atoms with E-state index in [1.165, 1.54) is 7.05 Å². The van der Waals surface area contributed by atoms with E-state index < -0.39 is 21.6 Å². The summed E-state index contributed by atoms with van der Waals surface area (Å²) < 4.78 is 32.0. The van der Waals surface area contributed by atoms with Crippen molar-refractivity contribution in [2.24, 2.45) is 5.92 Å². The molecule has 1 aliphatic heterocycles. The molecule has 160 valence electrons. The third-order valence-corrected chi connectivity index (χ3v) is 7.71. The summed E-state index contributed by atoms with van der Waals surface area (Å²) in [7, 11) is -1.90. The van der Waals surface area contributed by atoms with Crippen molar-refractivity contribution in [2.75, 3.05) is 7.05 Å². The van der Waals surface area contributed by atoms with E-state index in [-0.39, 0.29) is 23.9 Å². The number of rotatable bonds is 8. The number of carbonyl (C=O) groups is 2. The topological polar surface area (TPSA) is 89.5 Å². The van der Waals surface area contributed by atoms with Crippen LogP contribution in [-0.4, -0.2) is 32.8 Å². The van der Waals surface area contributed by atoms with Gasteiger partial charge in [-0.25, -0.2) is 13.1 Å². The van der Waals surface area contributed by atoms with Gasteiger partial charge in [0.25, 0.3) is 0 Å². The lowest BCUT2D eigenvalue weighted by Gasteiger charge is -2.41. The van der Waals surface area contributed by atoms with Crippen molar-refractivity contribution in [2.45, 2.75) is 76.1 Å². The maximum atomic E-state index is 12.2. The van der Waals surface area contributed by atoms with Gasteiger partial charge >= 0.3 is 5.97 Å². The molecular formula is C22H31NO5S. The van der Waals surface area contributed by atoms with E-state index in [0.29, 0.717) is 19.3 Å². The minimum Gasteiger partial charge on any atom is -0.458 e. The average molecular weight is 422 g/mol. The lowest BCUT2D eigenvalue weighted by atomic mass is 9.76. The van der Waals surface area contributed by atoms with Gasteiger partial charge in [-0.05, 0) is 61.8 Å². The van der Waals surface area contributed by atoms with Gasteiger partial charge < -0.3 is 4.74 Å². The number of Topliss-reactive ketones (excluding diaryl/α,β-unsaturated/α-hetero) is 1. The molecule has 0 aromatic heterocycles. The number of benzene rings is 1. The minimum atomic E-state index is -3.33. The third kappa shape index (κ3) is 5.25. The maximum Gasteiger partial charge on any atom is 0.313 e. The molecule has 3 rings (SSSR count). The molecule has 7 heteroatoms. The Morgan fingerprint density at radius 2 is 1.90 bits per heavy atom. The Balaban J connectivity index is 1.79. The molecule has 2 fully saturated rings. The molecular weight excluding hydrogens is 390 g/mol. The largest absolute Gasteiger partial charge is 0.458 e. The summed E-state index contributed by atoms with van der Waals surface area (Å²) in [5.41, 5.74) is 2.21. The number of ether oxygens (including phenoxy) is 1. The second-order valence-electron chi connectivity index (χ2n) is 8.33. The van der Waals surface area contributed by atoms with Gasteiger partial charge in [-0.2, -0.15) is 0 Å². The number of hydrogen-bond donors (Lipinski definition) is 1. The summed E-state index contributed by atoms with van der Waals surface area (Å²) in [6.07, 6.45) is 6.52. The van der Waals surface area contributed by atoms with Crippen LogP contribution in [0.3, 0.4) is 0 Å². The Kier molecular flexibility index (Phi) is 6.79. The van der Waals surface area contributed by atoms with Gasteiger partial charge in [0.1, 0.15) is 17.8 Å². The van der Waals surface area contributed by atoms with E-state index in [4.69, 9.17) is 4.74 Å². The number of carbonyl (C=O) groups excluding carboxylic acids is 2. The zero-order valence-electron chi connectivity index (χ0n) is 17.3. The lowest BCUT2D eigenvalue weighted by Crippen LogP contribution is -2.48. The average Bonchev–Trinajstić information content (AvgIpc) is 3.22. The van der Waals surface area contributed by atoms with Crippen molar-refractivity contribution >= 4 is 21.8 Å². The summed E-state index contributed by atoms with van der Waals surface area (Å²) in [5.74, 6) is -0.197. The predicted octanol–water partition coefficient (Wildman–Crippen LogP) is 3.07. The molecule has 1 unspecified atom stereocenters. The van der Waals surface area contributed by atoms with E-state index in [1.54, 1.807) is 0 Å². The molecule has 0 spiro atoms. The van der Waals surface area contributed by atoms with Gasteiger partial charge in [0.2, 0.25) is 10.0 Å². The lowest BCUT2D eigenvalue weighted by molar-refractivity contribution is -0.178. The van der Waals surface area contributed by atoms with E-state index in [2.05, 4.69) is 10.8 Å². The van der Waals surface area contributed by atoms with E-state index >= 15 is 0 Å². The Labute approximate surface area is 173 Å². The Morgan fingerprint density at radius 3 is 2.52 bits per heavy atom. The van der Waals surface area contributed by atoms with Crippen molar-refractivity contribution in [1.29, 1.82) is 0 Å². The van der Waals surface area contributed by atoms with Crippen LogP contribution in [0.5, 0.6) is 0 Å². The Morgan fingerprint density at radius 1 is 1.17 bits per heavy atom. The first kappa shape index (κ1) is 22.0. The van der Waals surface area contributed by atoms with E-state index in [9.17, 15) is 18.0 Å². The van der Waals surface area contributed by atoms with Gasteiger partial charge in [-0.1, -0.05) is 38.0 Å². The van der Waals surface area contributed by atoms with Crippen molar-refractivity contribution in [3.05, 3.63) is 34.9 Å². The van der Waals surface area contributed by atoms with Crippen LogP contribution in [0.4, 0.5) is 0 Å². The summed E-state index contributed by atoms with van der Waals surface area (Å²) in [6, 6.07) is 5.88. The van der Waals surface area contributed by atoms with Gasteiger partial charge in [-0.3, -0.25) is 9.59 Å². The first-order valence-corrected chi connectivity index (χ1v) is 12.2. The number of nitrogens with one attached hydrogen (secondary N) is 1. The smallest absolute Gasteiger partial charge is 0.313 e. The predicted molar refractivity (Wildman–Crippen MR) is 111 cm³/mol. The Hall–Kier alpha value is -1.73. The van der Waals surface area contributed by atoms with E-state index in [0.717, 1.165) is 48.8 Å². The molecule has 0 radical (unpaired) electrons. The highest BCUT2D eigenvalue weighted by Crippen LogP contribution is 2.43. The SMILES string of the molecule is CCc1cc(CCC2(C3CCCC3)CC(=O)CC(=O)O2)ccc1CS(=O)(=O)NC. The second kappa shape index (κ2) is 8.96. The second-order valence-corrected chi connectivity index (χ2v) is 10.3.